The Hall–Kier alpha value is -4.44. The van der Waals surface area contributed by atoms with Crippen LogP contribution in [0.1, 0.15) is 40.2 Å². The molecule has 2 aromatic carbocycles. The fourth-order valence-electron chi connectivity index (χ4n) is 3.30. The van der Waals surface area contributed by atoms with E-state index in [-0.39, 0.29) is 28.9 Å². The van der Waals surface area contributed by atoms with Gasteiger partial charge in [0.2, 0.25) is 0 Å². The predicted octanol–water partition coefficient (Wildman–Crippen LogP) is 3.58. The Morgan fingerprint density at radius 2 is 1.71 bits per heavy atom. The summed E-state index contributed by atoms with van der Waals surface area (Å²) in [6.45, 7) is 1.84. The van der Waals surface area contributed by atoms with Crippen LogP contribution in [0.25, 0.3) is 5.70 Å². The monoisotopic (exact) mass is 410 g/mol. The Morgan fingerprint density at radius 3 is 2.39 bits per heavy atom. The highest BCUT2D eigenvalue weighted by molar-refractivity contribution is 6.20. The van der Waals surface area contributed by atoms with Gasteiger partial charge in [0.25, 0.3) is 11.8 Å². The minimum Gasteiger partial charge on any atom is -0.459 e. The van der Waals surface area contributed by atoms with Crippen molar-refractivity contribution in [2.75, 3.05) is 0 Å². The highest BCUT2D eigenvalue weighted by Crippen LogP contribution is 2.31. The van der Waals surface area contributed by atoms with Gasteiger partial charge in [0.05, 0.1) is 18.0 Å². The minimum absolute atomic E-state index is 0.127. The number of amidine groups is 1. The second kappa shape index (κ2) is 8.51. The molecule has 2 amide bonds. The lowest BCUT2D eigenvalue weighted by Crippen LogP contribution is -2.30. The van der Waals surface area contributed by atoms with Gasteiger partial charge in [-0.05, 0) is 24.6 Å². The normalized spacial score (nSPS) is 14.6. The van der Waals surface area contributed by atoms with Crippen molar-refractivity contribution in [3.63, 3.8) is 0 Å². The highest BCUT2D eigenvalue weighted by Gasteiger charge is 2.28. The fraction of sp³-hybridized carbons (Fsp3) is 0.0833. The molecule has 0 fully saturated rings. The largest absolute Gasteiger partial charge is 0.459 e. The first-order valence-electron chi connectivity index (χ1n) is 9.62. The molecule has 0 saturated heterocycles. The zero-order valence-electron chi connectivity index (χ0n) is 16.6. The molecule has 0 saturated carbocycles. The number of nitrogens with one attached hydrogen (secondary N) is 2. The first-order chi connectivity index (χ1) is 15.1. The summed E-state index contributed by atoms with van der Waals surface area (Å²) >= 11 is 0. The third-order valence-corrected chi connectivity index (χ3v) is 4.86. The predicted molar refractivity (Wildman–Crippen MR) is 115 cm³/mol. The molecule has 0 radical (unpaired) electrons. The number of hydrogen-bond donors (Lipinski definition) is 2. The Labute approximate surface area is 178 Å². The Balaban J connectivity index is 1.66. The zero-order chi connectivity index (χ0) is 21.8. The molecule has 1 atom stereocenters. The number of rotatable bonds is 4. The van der Waals surface area contributed by atoms with Crippen LogP contribution in [0.4, 0.5) is 0 Å². The smallest absolute Gasteiger partial charge is 0.292 e. The van der Waals surface area contributed by atoms with E-state index in [4.69, 9.17) is 4.42 Å². The SMILES string of the molecule is C[C@@H](NC(=O)/C(C#N)=C1/N=C(NC(=O)c2ccco2)c2ccccc21)c1ccccc1. The molecule has 31 heavy (non-hydrogen) atoms. The van der Waals surface area contributed by atoms with Gasteiger partial charge >= 0.3 is 0 Å². The van der Waals surface area contributed by atoms with Crippen LogP contribution >= 0.6 is 0 Å². The van der Waals surface area contributed by atoms with Crippen LogP contribution < -0.4 is 10.6 Å². The van der Waals surface area contributed by atoms with Gasteiger partial charge in [0.1, 0.15) is 17.5 Å². The van der Waals surface area contributed by atoms with E-state index in [1.54, 1.807) is 30.3 Å². The van der Waals surface area contributed by atoms with Crippen LogP contribution in [-0.4, -0.2) is 17.6 Å². The lowest BCUT2D eigenvalue weighted by atomic mass is 10.0. The third kappa shape index (κ3) is 4.00. The molecule has 4 rings (SSSR count). The van der Waals surface area contributed by atoms with Gasteiger partial charge in [0.15, 0.2) is 5.76 Å². The van der Waals surface area contributed by atoms with E-state index in [0.29, 0.717) is 11.1 Å². The molecule has 0 unspecified atom stereocenters. The number of fused-ring (bicyclic) bond motifs is 1. The molecule has 0 spiro atoms. The number of nitrogens with zero attached hydrogens (tertiary/aromatic N) is 2. The zero-order valence-corrected chi connectivity index (χ0v) is 16.6. The Morgan fingerprint density at radius 1 is 1.00 bits per heavy atom. The maximum absolute atomic E-state index is 12.9. The number of benzene rings is 2. The Kier molecular flexibility index (Phi) is 5.45. The van der Waals surface area contributed by atoms with Crippen molar-refractivity contribution in [3.8, 4) is 6.07 Å². The van der Waals surface area contributed by atoms with Crippen LogP contribution in [0, 0.1) is 11.3 Å². The van der Waals surface area contributed by atoms with Crippen molar-refractivity contribution < 1.29 is 14.0 Å². The van der Waals surface area contributed by atoms with E-state index in [1.165, 1.54) is 12.3 Å². The summed E-state index contributed by atoms with van der Waals surface area (Å²) in [6, 6.07) is 21.4. The molecular weight excluding hydrogens is 392 g/mol. The van der Waals surface area contributed by atoms with E-state index >= 15 is 0 Å². The van der Waals surface area contributed by atoms with Gasteiger partial charge in [-0.2, -0.15) is 5.26 Å². The standard InChI is InChI=1S/C24H18N4O3/c1-15(16-8-3-2-4-9-16)26-23(29)19(14-25)21-17-10-5-6-11-18(17)22(27-21)28-24(30)20-12-7-13-31-20/h2-13,15H,1H3,(H,26,29)(H,27,28,30)/b21-19+/t15-/m1/s1. The summed E-state index contributed by atoms with van der Waals surface area (Å²) in [4.78, 5) is 29.7. The van der Waals surface area contributed by atoms with Crippen molar-refractivity contribution in [1.82, 2.24) is 10.6 Å². The summed E-state index contributed by atoms with van der Waals surface area (Å²) < 4.78 is 5.12. The average molecular weight is 410 g/mol. The summed E-state index contributed by atoms with van der Waals surface area (Å²) in [6.07, 6.45) is 1.40. The number of hydrogen-bond acceptors (Lipinski definition) is 5. The molecule has 1 aliphatic rings. The van der Waals surface area contributed by atoms with Crippen LogP contribution in [0.2, 0.25) is 0 Å². The van der Waals surface area contributed by atoms with Gasteiger partial charge in [-0.15, -0.1) is 0 Å². The molecule has 3 aromatic rings. The average Bonchev–Trinajstić information content (AvgIpc) is 3.44. The number of aliphatic imine (C=N–C) groups is 1. The van der Waals surface area contributed by atoms with E-state index in [1.807, 2.05) is 43.3 Å². The second-order valence-corrected chi connectivity index (χ2v) is 6.88. The van der Waals surface area contributed by atoms with Gasteiger partial charge < -0.3 is 15.1 Å². The molecule has 7 heteroatoms. The molecule has 0 aliphatic carbocycles. The molecule has 2 heterocycles. The van der Waals surface area contributed by atoms with Gasteiger partial charge in [-0.3, -0.25) is 9.59 Å². The van der Waals surface area contributed by atoms with Crippen molar-refractivity contribution in [1.29, 1.82) is 5.26 Å². The summed E-state index contributed by atoms with van der Waals surface area (Å²) in [7, 11) is 0. The molecule has 1 aromatic heterocycles. The van der Waals surface area contributed by atoms with E-state index in [9.17, 15) is 14.9 Å². The summed E-state index contributed by atoms with van der Waals surface area (Å²) in [5, 5.41) is 15.3. The third-order valence-electron chi connectivity index (χ3n) is 4.86. The van der Waals surface area contributed by atoms with Gasteiger partial charge in [-0.25, -0.2) is 4.99 Å². The van der Waals surface area contributed by atoms with Crippen molar-refractivity contribution in [3.05, 3.63) is 101 Å². The lowest BCUT2D eigenvalue weighted by molar-refractivity contribution is -0.117. The molecule has 152 valence electrons. The second-order valence-electron chi connectivity index (χ2n) is 6.88. The molecule has 0 bridgehead atoms. The molecular formula is C24H18N4O3. The maximum atomic E-state index is 12.9. The first kappa shape index (κ1) is 19.9. The van der Waals surface area contributed by atoms with Crippen LogP contribution in [0.5, 0.6) is 0 Å². The van der Waals surface area contributed by atoms with Gasteiger partial charge in [0, 0.05) is 11.1 Å². The Bertz CT molecular complexity index is 1240. The van der Waals surface area contributed by atoms with Crippen LogP contribution in [-0.2, 0) is 4.79 Å². The molecule has 2 N–H and O–H groups in total. The van der Waals surface area contributed by atoms with Crippen LogP contribution in [0.15, 0.2) is 88.0 Å². The maximum Gasteiger partial charge on any atom is 0.292 e. The number of amides is 2. The van der Waals surface area contributed by atoms with Crippen molar-refractivity contribution in [2.24, 2.45) is 4.99 Å². The number of carbonyl (C=O) groups is 2. The summed E-state index contributed by atoms with van der Waals surface area (Å²) in [5.74, 6) is -0.623. The topological polar surface area (TPSA) is 107 Å². The quantitative estimate of drug-likeness (QED) is 0.506. The lowest BCUT2D eigenvalue weighted by Gasteiger charge is -2.14. The number of furan rings is 1. The number of carbonyl (C=O) groups excluding carboxylic acids is 2. The van der Waals surface area contributed by atoms with Crippen molar-refractivity contribution in [2.45, 2.75) is 13.0 Å². The minimum atomic E-state index is -0.536. The first-order valence-corrected chi connectivity index (χ1v) is 9.62. The fourth-order valence-corrected chi connectivity index (χ4v) is 3.30. The van der Waals surface area contributed by atoms with E-state index in [0.717, 1.165) is 5.56 Å². The van der Waals surface area contributed by atoms with E-state index < -0.39 is 11.8 Å². The van der Waals surface area contributed by atoms with Crippen molar-refractivity contribution >= 4 is 23.3 Å². The highest BCUT2D eigenvalue weighted by atomic mass is 16.3. The van der Waals surface area contributed by atoms with Gasteiger partial charge in [-0.1, -0.05) is 54.6 Å². The number of nitriles is 1. The molecule has 7 nitrogen and oxygen atoms in total. The van der Waals surface area contributed by atoms with Crippen LogP contribution in [0.3, 0.4) is 0 Å². The molecule has 1 aliphatic heterocycles. The van der Waals surface area contributed by atoms with E-state index in [2.05, 4.69) is 15.6 Å². The summed E-state index contributed by atoms with van der Waals surface area (Å²) in [5.41, 5.74) is 2.22.